The van der Waals surface area contributed by atoms with E-state index in [1.54, 1.807) is 12.4 Å². The van der Waals surface area contributed by atoms with Crippen LogP contribution in [0, 0.1) is 0 Å². The van der Waals surface area contributed by atoms with Crippen LogP contribution in [0.15, 0.2) is 30.7 Å². The highest BCUT2D eigenvalue weighted by Crippen LogP contribution is 2.16. The Balaban J connectivity index is 2.33. The molecule has 0 saturated carbocycles. The summed E-state index contributed by atoms with van der Waals surface area (Å²) in [5, 5.41) is 6.62. The Morgan fingerprint density at radius 1 is 1.23 bits per heavy atom. The number of halogens is 1. The number of hydrogen-bond acceptors (Lipinski definition) is 2. The zero-order chi connectivity index (χ0) is 9.10. The standard InChI is InChI=1S/C9H8ClN3/c10-3-9-2-1-7(4-11-9)8-5-12-13-6-8/h1-2,4-6H,3H2,(H,12,13). The van der Waals surface area contributed by atoms with E-state index in [4.69, 9.17) is 11.6 Å². The molecular formula is C9H8ClN3. The first-order valence-electron chi connectivity index (χ1n) is 3.90. The first-order valence-corrected chi connectivity index (χ1v) is 4.43. The number of pyridine rings is 1. The summed E-state index contributed by atoms with van der Waals surface area (Å²) in [6.45, 7) is 0. The van der Waals surface area contributed by atoms with Crippen molar-refractivity contribution < 1.29 is 0 Å². The zero-order valence-corrected chi connectivity index (χ0v) is 7.62. The van der Waals surface area contributed by atoms with Gasteiger partial charge in [0.2, 0.25) is 0 Å². The predicted octanol–water partition coefficient (Wildman–Crippen LogP) is 2.21. The molecule has 0 unspecified atom stereocenters. The van der Waals surface area contributed by atoms with Crippen molar-refractivity contribution >= 4 is 11.6 Å². The molecule has 0 atom stereocenters. The first kappa shape index (κ1) is 8.26. The molecule has 3 nitrogen and oxygen atoms in total. The molecule has 0 aliphatic heterocycles. The van der Waals surface area contributed by atoms with E-state index < -0.39 is 0 Å². The fourth-order valence-electron chi connectivity index (χ4n) is 1.08. The first-order chi connectivity index (χ1) is 6.40. The van der Waals surface area contributed by atoms with Crippen LogP contribution in [0.25, 0.3) is 11.1 Å². The summed E-state index contributed by atoms with van der Waals surface area (Å²) in [5.41, 5.74) is 2.96. The normalized spacial score (nSPS) is 10.2. The molecule has 13 heavy (non-hydrogen) atoms. The zero-order valence-electron chi connectivity index (χ0n) is 6.87. The molecule has 0 radical (unpaired) electrons. The predicted molar refractivity (Wildman–Crippen MR) is 51.4 cm³/mol. The van der Waals surface area contributed by atoms with Crippen LogP contribution in [-0.4, -0.2) is 15.2 Å². The van der Waals surface area contributed by atoms with E-state index in [0.29, 0.717) is 5.88 Å². The van der Waals surface area contributed by atoms with Crippen molar-refractivity contribution in [3.05, 3.63) is 36.4 Å². The van der Waals surface area contributed by atoms with E-state index >= 15 is 0 Å². The number of nitrogens with zero attached hydrogens (tertiary/aromatic N) is 2. The van der Waals surface area contributed by atoms with E-state index in [0.717, 1.165) is 16.8 Å². The van der Waals surface area contributed by atoms with Gasteiger partial charge in [0, 0.05) is 23.5 Å². The fourth-order valence-corrected chi connectivity index (χ4v) is 1.24. The Labute approximate surface area is 80.8 Å². The Morgan fingerprint density at radius 3 is 2.69 bits per heavy atom. The van der Waals surface area contributed by atoms with Crippen LogP contribution >= 0.6 is 11.6 Å². The van der Waals surface area contributed by atoms with Crippen molar-refractivity contribution in [1.29, 1.82) is 0 Å². The van der Waals surface area contributed by atoms with Crippen molar-refractivity contribution in [3.63, 3.8) is 0 Å². The van der Waals surface area contributed by atoms with E-state index in [-0.39, 0.29) is 0 Å². The Morgan fingerprint density at radius 2 is 2.15 bits per heavy atom. The lowest BCUT2D eigenvalue weighted by molar-refractivity contribution is 1.09. The summed E-state index contributed by atoms with van der Waals surface area (Å²) in [7, 11) is 0. The van der Waals surface area contributed by atoms with E-state index in [1.165, 1.54) is 0 Å². The van der Waals surface area contributed by atoms with Crippen LogP contribution in [0.2, 0.25) is 0 Å². The molecule has 0 aliphatic rings. The quantitative estimate of drug-likeness (QED) is 0.743. The topological polar surface area (TPSA) is 41.6 Å². The summed E-state index contributed by atoms with van der Waals surface area (Å²) in [6.07, 6.45) is 5.39. The fraction of sp³-hybridized carbons (Fsp3) is 0.111. The molecule has 66 valence electrons. The molecule has 2 aromatic rings. The van der Waals surface area contributed by atoms with Gasteiger partial charge >= 0.3 is 0 Å². The van der Waals surface area contributed by atoms with Crippen molar-refractivity contribution in [3.8, 4) is 11.1 Å². The van der Waals surface area contributed by atoms with Crippen molar-refractivity contribution in [2.75, 3.05) is 0 Å². The maximum Gasteiger partial charge on any atom is 0.0647 e. The highest BCUT2D eigenvalue weighted by molar-refractivity contribution is 6.16. The molecule has 2 heterocycles. The van der Waals surface area contributed by atoms with Crippen LogP contribution in [-0.2, 0) is 5.88 Å². The smallest absolute Gasteiger partial charge is 0.0647 e. The number of hydrogen-bond donors (Lipinski definition) is 1. The van der Waals surface area contributed by atoms with Crippen LogP contribution in [0.3, 0.4) is 0 Å². The molecular weight excluding hydrogens is 186 g/mol. The third-order valence-electron chi connectivity index (χ3n) is 1.79. The number of alkyl halides is 1. The van der Waals surface area contributed by atoms with Gasteiger partial charge in [0.1, 0.15) is 0 Å². The van der Waals surface area contributed by atoms with Crippen molar-refractivity contribution in [2.45, 2.75) is 5.88 Å². The van der Waals surface area contributed by atoms with Gasteiger partial charge in [-0.05, 0) is 6.07 Å². The Bertz CT molecular complexity index is 366. The van der Waals surface area contributed by atoms with Gasteiger partial charge in [-0.3, -0.25) is 10.1 Å². The molecule has 0 saturated heterocycles. The van der Waals surface area contributed by atoms with Gasteiger partial charge < -0.3 is 0 Å². The third kappa shape index (κ3) is 1.70. The second kappa shape index (κ2) is 3.58. The summed E-state index contributed by atoms with van der Waals surface area (Å²) < 4.78 is 0. The minimum Gasteiger partial charge on any atom is -0.285 e. The second-order valence-corrected chi connectivity index (χ2v) is 2.93. The maximum atomic E-state index is 5.62. The van der Waals surface area contributed by atoms with Gasteiger partial charge in [0.05, 0.1) is 17.8 Å². The average molecular weight is 194 g/mol. The van der Waals surface area contributed by atoms with Crippen molar-refractivity contribution in [2.24, 2.45) is 0 Å². The minimum absolute atomic E-state index is 0.450. The largest absolute Gasteiger partial charge is 0.285 e. The average Bonchev–Trinajstić information content (AvgIpc) is 2.71. The molecule has 0 amide bonds. The molecule has 0 spiro atoms. The molecule has 0 fully saturated rings. The maximum absolute atomic E-state index is 5.62. The lowest BCUT2D eigenvalue weighted by Gasteiger charge is -1.97. The second-order valence-electron chi connectivity index (χ2n) is 2.66. The van der Waals surface area contributed by atoms with E-state index in [9.17, 15) is 0 Å². The molecule has 1 N–H and O–H groups in total. The molecule has 2 rings (SSSR count). The van der Waals surface area contributed by atoms with Gasteiger partial charge in [-0.25, -0.2) is 0 Å². The molecule has 0 bridgehead atoms. The summed E-state index contributed by atoms with van der Waals surface area (Å²) in [6, 6.07) is 3.89. The lowest BCUT2D eigenvalue weighted by Crippen LogP contribution is -1.84. The summed E-state index contributed by atoms with van der Waals surface area (Å²) in [5.74, 6) is 0.450. The van der Waals surface area contributed by atoms with Gasteiger partial charge in [-0.2, -0.15) is 5.10 Å². The van der Waals surface area contributed by atoms with Crippen molar-refractivity contribution in [1.82, 2.24) is 15.2 Å². The number of aromatic amines is 1. The minimum atomic E-state index is 0.450. The van der Waals surface area contributed by atoms with Gasteiger partial charge in [0.15, 0.2) is 0 Å². The van der Waals surface area contributed by atoms with Crippen LogP contribution in [0.5, 0.6) is 0 Å². The molecule has 0 aromatic carbocycles. The van der Waals surface area contributed by atoms with Gasteiger partial charge in [-0.1, -0.05) is 6.07 Å². The van der Waals surface area contributed by atoms with Gasteiger partial charge in [0.25, 0.3) is 0 Å². The third-order valence-corrected chi connectivity index (χ3v) is 2.07. The highest BCUT2D eigenvalue weighted by Gasteiger charge is 1.98. The highest BCUT2D eigenvalue weighted by atomic mass is 35.5. The Hall–Kier alpha value is -1.35. The summed E-state index contributed by atoms with van der Waals surface area (Å²) >= 11 is 5.62. The Kier molecular flexibility index (Phi) is 2.27. The number of H-pyrrole nitrogens is 1. The summed E-state index contributed by atoms with van der Waals surface area (Å²) in [4.78, 5) is 4.18. The van der Waals surface area contributed by atoms with Crippen LogP contribution < -0.4 is 0 Å². The monoisotopic (exact) mass is 193 g/mol. The van der Waals surface area contributed by atoms with E-state index in [1.807, 2.05) is 18.3 Å². The van der Waals surface area contributed by atoms with Crippen LogP contribution in [0.4, 0.5) is 0 Å². The number of nitrogens with one attached hydrogen (secondary N) is 1. The molecule has 4 heteroatoms. The molecule has 2 aromatic heterocycles. The molecule has 0 aliphatic carbocycles. The SMILES string of the molecule is ClCc1ccc(-c2cn[nH]c2)cn1. The lowest BCUT2D eigenvalue weighted by atomic mass is 10.1. The van der Waals surface area contributed by atoms with Crippen LogP contribution in [0.1, 0.15) is 5.69 Å². The van der Waals surface area contributed by atoms with Gasteiger partial charge in [-0.15, -0.1) is 11.6 Å². The number of aromatic nitrogens is 3. The van der Waals surface area contributed by atoms with E-state index in [2.05, 4.69) is 15.2 Å². The number of rotatable bonds is 2.